The van der Waals surface area contributed by atoms with E-state index in [9.17, 15) is 4.79 Å². The minimum Gasteiger partial charge on any atom is -0.492 e. The number of allylic oxidation sites excluding steroid dienone is 1. The second-order valence-electron chi connectivity index (χ2n) is 4.20. The van der Waals surface area contributed by atoms with Crippen LogP contribution in [0.15, 0.2) is 10.7 Å². The van der Waals surface area contributed by atoms with Gasteiger partial charge in [-0.05, 0) is 33.1 Å². The van der Waals surface area contributed by atoms with Crippen LogP contribution in [0.4, 0.5) is 0 Å². The standard InChI is InChI=1S/C12H18O3S/c1-3-14-12(13)11-8(2)15-9-6-4-5-7-10(9)16-11/h9-10H,3-7H2,1-2H3/t9-,10-/m0/s1. The third-order valence-corrected chi connectivity index (χ3v) is 4.55. The molecule has 2 aliphatic rings. The van der Waals surface area contributed by atoms with Crippen LogP contribution in [0.1, 0.15) is 39.5 Å². The van der Waals surface area contributed by atoms with Gasteiger partial charge in [-0.2, -0.15) is 0 Å². The molecule has 1 aliphatic heterocycles. The van der Waals surface area contributed by atoms with E-state index in [1.54, 1.807) is 11.8 Å². The van der Waals surface area contributed by atoms with Crippen LogP contribution in [-0.2, 0) is 14.3 Å². The summed E-state index contributed by atoms with van der Waals surface area (Å²) in [6.07, 6.45) is 5.05. The molecule has 0 amide bonds. The molecule has 90 valence electrons. The highest BCUT2D eigenvalue weighted by Gasteiger charge is 2.35. The number of hydrogen-bond donors (Lipinski definition) is 0. The van der Waals surface area contributed by atoms with Crippen LogP contribution < -0.4 is 0 Å². The lowest BCUT2D eigenvalue weighted by Crippen LogP contribution is -2.34. The molecule has 2 rings (SSSR count). The molecule has 0 saturated heterocycles. The summed E-state index contributed by atoms with van der Waals surface area (Å²) >= 11 is 1.65. The minimum absolute atomic E-state index is 0.228. The van der Waals surface area contributed by atoms with Crippen molar-refractivity contribution in [3.63, 3.8) is 0 Å². The van der Waals surface area contributed by atoms with Crippen LogP contribution in [0.25, 0.3) is 0 Å². The highest BCUT2D eigenvalue weighted by atomic mass is 32.2. The Morgan fingerprint density at radius 3 is 3.00 bits per heavy atom. The molecule has 1 fully saturated rings. The van der Waals surface area contributed by atoms with Crippen LogP contribution in [-0.4, -0.2) is 23.9 Å². The van der Waals surface area contributed by atoms with E-state index in [-0.39, 0.29) is 5.97 Å². The molecule has 1 heterocycles. The van der Waals surface area contributed by atoms with E-state index in [0.717, 1.165) is 18.6 Å². The SMILES string of the molecule is CCOC(=O)C1=C(C)O[C@H]2CCCC[C@@H]2S1. The average molecular weight is 242 g/mol. The molecular weight excluding hydrogens is 224 g/mol. The summed E-state index contributed by atoms with van der Waals surface area (Å²) in [7, 11) is 0. The molecule has 16 heavy (non-hydrogen) atoms. The third-order valence-electron chi connectivity index (χ3n) is 3.02. The van der Waals surface area contributed by atoms with E-state index in [0.29, 0.717) is 22.9 Å². The quantitative estimate of drug-likeness (QED) is 0.698. The first-order chi connectivity index (χ1) is 7.72. The highest BCUT2D eigenvalue weighted by molar-refractivity contribution is 8.04. The number of hydrogen-bond acceptors (Lipinski definition) is 4. The Balaban J connectivity index is 2.09. The molecule has 0 N–H and O–H groups in total. The first-order valence-corrected chi connectivity index (χ1v) is 6.81. The van der Waals surface area contributed by atoms with Gasteiger partial charge >= 0.3 is 5.97 Å². The predicted octanol–water partition coefficient (Wildman–Crippen LogP) is 2.86. The van der Waals surface area contributed by atoms with Gasteiger partial charge in [-0.3, -0.25) is 0 Å². The molecule has 0 radical (unpaired) electrons. The fourth-order valence-electron chi connectivity index (χ4n) is 2.24. The summed E-state index contributed by atoms with van der Waals surface area (Å²) < 4.78 is 10.9. The zero-order valence-electron chi connectivity index (χ0n) is 9.82. The Labute approximate surface area is 101 Å². The lowest BCUT2D eigenvalue weighted by Gasteiger charge is -2.36. The van der Waals surface area contributed by atoms with Crippen LogP contribution in [0.3, 0.4) is 0 Å². The highest BCUT2D eigenvalue weighted by Crippen LogP contribution is 2.41. The van der Waals surface area contributed by atoms with Gasteiger partial charge in [-0.15, -0.1) is 11.8 Å². The average Bonchev–Trinajstić information content (AvgIpc) is 2.28. The number of rotatable bonds is 2. The van der Waals surface area contributed by atoms with Crippen LogP contribution in [0.5, 0.6) is 0 Å². The smallest absolute Gasteiger partial charge is 0.348 e. The maximum Gasteiger partial charge on any atom is 0.348 e. The largest absolute Gasteiger partial charge is 0.492 e. The van der Waals surface area contributed by atoms with Crippen molar-refractivity contribution in [1.82, 2.24) is 0 Å². The number of thioether (sulfide) groups is 1. The first-order valence-electron chi connectivity index (χ1n) is 5.93. The van der Waals surface area contributed by atoms with Gasteiger partial charge in [-0.1, -0.05) is 6.42 Å². The summed E-state index contributed by atoms with van der Waals surface area (Å²) in [6.45, 7) is 4.11. The molecule has 3 nitrogen and oxygen atoms in total. The van der Waals surface area contributed by atoms with Crippen molar-refractivity contribution in [2.24, 2.45) is 0 Å². The Bertz CT molecular complexity index is 311. The summed E-state index contributed by atoms with van der Waals surface area (Å²) in [4.78, 5) is 12.4. The number of carbonyl (C=O) groups is 1. The number of ether oxygens (including phenoxy) is 2. The van der Waals surface area contributed by atoms with Crippen molar-refractivity contribution in [2.45, 2.75) is 50.9 Å². The van der Waals surface area contributed by atoms with Crippen molar-refractivity contribution in [2.75, 3.05) is 6.61 Å². The number of fused-ring (bicyclic) bond motifs is 1. The number of esters is 1. The Kier molecular flexibility index (Phi) is 3.79. The van der Waals surface area contributed by atoms with Gasteiger partial charge in [0, 0.05) is 5.25 Å². The number of carbonyl (C=O) groups excluding carboxylic acids is 1. The summed E-state index contributed by atoms with van der Waals surface area (Å²) in [5, 5.41) is 0.442. The lowest BCUT2D eigenvalue weighted by atomic mass is 9.97. The molecule has 0 spiro atoms. The van der Waals surface area contributed by atoms with Crippen molar-refractivity contribution in [3.8, 4) is 0 Å². The Morgan fingerprint density at radius 1 is 1.50 bits per heavy atom. The molecule has 0 aromatic carbocycles. The zero-order chi connectivity index (χ0) is 11.5. The van der Waals surface area contributed by atoms with E-state index >= 15 is 0 Å². The molecule has 4 heteroatoms. The zero-order valence-corrected chi connectivity index (χ0v) is 10.6. The molecule has 0 aromatic heterocycles. The van der Waals surface area contributed by atoms with Gasteiger partial charge in [-0.25, -0.2) is 4.79 Å². The van der Waals surface area contributed by atoms with Gasteiger partial charge in [0.1, 0.15) is 16.8 Å². The van der Waals surface area contributed by atoms with Crippen LogP contribution >= 0.6 is 11.8 Å². The molecule has 1 saturated carbocycles. The monoisotopic (exact) mass is 242 g/mol. The van der Waals surface area contributed by atoms with E-state index in [4.69, 9.17) is 9.47 Å². The Morgan fingerprint density at radius 2 is 2.25 bits per heavy atom. The summed E-state index contributed by atoms with van der Waals surface area (Å²) in [5.74, 6) is 0.514. The maximum absolute atomic E-state index is 11.7. The van der Waals surface area contributed by atoms with Gasteiger partial charge in [0.2, 0.25) is 0 Å². The van der Waals surface area contributed by atoms with Crippen molar-refractivity contribution >= 4 is 17.7 Å². The molecular formula is C12H18O3S. The fraction of sp³-hybridized carbons (Fsp3) is 0.750. The topological polar surface area (TPSA) is 35.5 Å². The van der Waals surface area contributed by atoms with Gasteiger partial charge < -0.3 is 9.47 Å². The molecule has 0 aromatic rings. The van der Waals surface area contributed by atoms with Gasteiger partial charge in [0.25, 0.3) is 0 Å². The summed E-state index contributed by atoms with van der Waals surface area (Å²) in [6, 6.07) is 0. The van der Waals surface area contributed by atoms with Crippen molar-refractivity contribution < 1.29 is 14.3 Å². The van der Waals surface area contributed by atoms with Crippen molar-refractivity contribution in [3.05, 3.63) is 10.7 Å². The third kappa shape index (κ3) is 2.37. The predicted molar refractivity (Wildman–Crippen MR) is 64.1 cm³/mol. The molecule has 0 unspecified atom stereocenters. The summed E-state index contributed by atoms with van der Waals surface area (Å²) in [5.41, 5.74) is 0. The fourth-order valence-corrected chi connectivity index (χ4v) is 3.54. The lowest BCUT2D eigenvalue weighted by molar-refractivity contribution is -0.138. The second-order valence-corrected chi connectivity index (χ2v) is 5.45. The van der Waals surface area contributed by atoms with E-state index < -0.39 is 0 Å². The molecule has 1 aliphatic carbocycles. The van der Waals surface area contributed by atoms with Gasteiger partial charge in [0.15, 0.2) is 0 Å². The normalized spacial score (nSPS) is 29.4. The van der Waals surface area contributed by atoms with Gasteiger partial charge in [0.05, 0.1) is 6.61 Å². The molecule has 2 atom stereocenters. The van der Waals surface area contributed by atoms with Crippen LogP contribution in [0, 0.1) is 0 Å². The van der Waals surface area contributed by atoms with Crippen LogP contribution in [0.2, 0.25) is 0 Å². The minimum atomic E-state index is -0.228. The maximum atomic E-state index is 11.7. The Hall–Kier alpha value is -0.640. The van der Waals surface area contributed by atoms with E-state index in [2.05, 4.69) is 0 Å². The van der Waals surface area contributed by atoms with E-state index in [1.807, 2.05) is 13.8 Å². The first kappa shape index (κ1) is 11.8. The van der Waals surface area contributed by atoms with E-state index in [1.165, 1.54) is 12.8 Å². The molecule has 0 bridgehead atoms. The second kappa shape index (κ2) is 5.13. The van der Waals surface area contributed by atoms with Crippen molar-refractivity contribution in [1.29, 1.82) is 0 Å².